The molecule has 3 N–H and O–H groups in total. The molecule has 0 aliphatic heterocycles. The molecule has 1 saturated carbocycles. The van der Waals surface area contributed by atoms with Crippen LogP contribution in [0.15, 0.2) is 42.5 Å². The highest BCUT2D eigenvalue weighted by Crippen LogP contribution is 2.28. The number of hydrogen-bond donors (Lipinski definition) is 2. The Balaban J connectivity index is 1.93. The molecule has 0 aromatic heterocycles. The van der Waals surface area contributed by atoms with E-state index >= 15 is 0 Å². The van der Waals surface area contributed by atoms with Crippen LogP contribution in [0.3, 0.4) is 0 Å². The monoisotopic (exact) mass is 433 g/mol. The van der Waals surface area contributed by atoms with Crippen molar-refractivity contribution in [3.8, 4) is 0 Å². The smallest absolute Gasteiger partial charge is 0.411 e. The first-order chi connectivity index (χ1) is 14.4. The highest BCUT2D eigenvalue weighted by molar-refractivity contribution is 6.31. The normalized spacial score (nSPS) is 18.5. The number of halogens is 2. The topological polar surface area (TPSA) is 84.7 Å². The Hall–Kier alpha value is -2.64. The number of carbonyl (C=O) groups excluding carboxylic acids is 2. The summed E-state index contributed by atoms with van der Waals surface area (Å²) in [5.41, 5.74) is 7.75. The molecule has 1 fully saturated rings. The predicted molar refractivity (Wildman–Crippen MR) is 114 cm³/mol. The van der Waals surface area contributed by atoms with E-state index in [0.29, 0.717) is 16.3 Å². The zero-order chi connectivity index (χ0) is 21.7. The van der Waals surface area contributed by atoms with Crippen molar-refractivity contribution in [3.05, 3.63) is 64.4 Å². The van der Waals surface area contributed by atoms with Crippen LogP contribution in [0.1, 0.15) is 41.6 Å². The highest BCUT2D eigenvalue weighted by Gasteiger charge is 2.32. The van der Waals surface area contributed by atoms with Crippen molar-refractivity contribution < 1.29 is 18.7 Å². The van der Waals surface area contributed by atoms with Gasteiger partial charge in [-0.15, -0.1) is 0 Å². The zero-order valence-electron chi connectivity index (χ0n) is 16.7. The molecule has 1 aliphatic rings. The summed E-state index contributed by atoms with van der Waals surface area (Å²) >= 11 is 6.39. The maximum absolute atomic E-state index is 13.7. The summed E-state index contributed by atoms with van der Waals surface area (Å²) in [4.78, 5) is 26.5. The molecule has 160 valence electrons. The van der Waals surface area contributed by atoms with Crippen LogP contribution in [-0.4, -0.2) is 36.1 Å². The molecule has 30 heavy (non-hydrogen) atoms. The van der Waals surface area contributed by atoms with Gasteiger partial charge in [0.05, 0.1) is 7.11 Å². The van der Waals surface area contributed by atoms with Crippen LogP contribution in [-0.2, 0) is 11.3 Å². The molecule has 2 amide bonds. The predicted octanol–water partition coefficient (Wildman–Crippen LogP) is 4.57. The molecule has 0 saturated heterocycles. The average Bonchev–Trinajstić information content (AvgIpc) is 2.74. The number of nitrogens with one attached hydrogen (secondary N) is 1. The fraction of sp³-hybridized carbons (Fsp3) is 0.364. The number of nitrogens with two attached hydrogens (primary N) is 1. The fourth-order valence-corrected chi connectivity index (χ4v) is 3.96. The Morgan fingerprint density at radius 3 is 2.70 bits per heavy atom. The number of benzene rings is 2. The first-order valence-corrected chi connectivity index (χ1v) is 10.2. The second-order valence-electron chi connectivity index (χ2n) is 7.38. The van der Waals surface area contributed by atoms with Crippen molar-refractivity contribution in [1.82, 2.24) is 4.90 Å². The Morgan fingerprint density at radius 1 is 1.23 bits per heavy atom. The summed E-state index contributed by atoms with van der Waals surface area (Å²) in [5, 5.41) is 3.04. The number of carbonyl (C=O) groups is 2. The molecule has 2 aromatic rings. The lowest BCUT2D eigenvalue weighted by Gasteiger charge is -2.38. The number of rotatable bonds is 5. The van der Waals surface area contributed by atoms with Crippen LogP contribution in [0, 0.1) is 5.82 Å². The molecular formula is C22H25ClFN3O3. The number of ether oxygens (including phenoxy) is 1. The standard InChI is InChI=1S/C22H25ClFN3O3/c1-30-22(29)26-17-9-10-18(23)15(12-17)13-27(20-8-3-2-7-19(20)25)21(28)14-5-4-6-16(24)11-14/h4-6,9-12,19-20H,2-3,7-8,13,25H2,1H3,(H,26,29). The summed E-state index contributed by atoms with van der Waals surface area (Å²) in [6.07, 6.45) is 2.95. The lowest BCUT2D eigenvalue weighted by molar-refractivity contribution is 0.0583. The Bertz CT molecular complexity index is 924. The SMILES string of the molecule is COC(=O)Nc1ccc(Cl)c(CN(C(=O)c2cccc(F)c2)C2CCCCC2N)c1. The van der Waals surface area contributed by atoms with Crippen LogP contribution in [0.25, 0.3) is 0 Å². The number of nitrogens with zero attached hydrogens (tertiary/aromatic N) is 1. The van der Waals surface area contributed by atoms with Gasteiger partial charge in [0, 0.05) is 34.9 Å². The van der Waals surface area contributed by atoms with Crippen molar-refractivity contribution in [2.24, 2.45) is 5.73 Å². The maximum atomic E-state index is 13.7. The van der Waals surface area contributed by atoms with Crippen molar-refractivity contribution in [2.75, 3.05) is 12.4 Å². The van der Waals surface area contributed by atoms with Gasteiger partial charge in [-0.25, -0.2) is 9.18 Å². The van der Waals surface area contributed by atoms with E-state index in [2.05, 4.69) is 10.1 Å². The third-order valence-corrected chi connectivity index (χ3v) is 5.70. The molecule has 1 aliphatic carbocycles. The molecule has 0 bridgehead atoms. The number of methoxy groups -OCH3 is 1. The lowest BCUT2D eigenvalue weighted by atomic mass is 9.89. The third-order valence-electron chi connectivity index (χ3n) is 5.33. The molecule has 0 radical (unpaired) electrons. The van der Waals surface area contributed by atoms with E-state index in [0.717, 1.165) is 25.7 Å². The maximum Gasteiger partial charge on any atom is 0.411 e. The number of amides is 2. The van der Waals surface area contributed by atoms with E-state index in [9.17, 15) is 14.0 Å². The molecule has 8 heteroatoms. The molecule has 6 nitrogen and oxygen atoms in total. The summed E-state index contributed by atoms with van der Waals surface area (Å²) in [7, 11) is 1.27. The molecule has 2 aromatic carbocycles. The van der Waals surface area contributed by atoms with E-state index in [1.54, 1.807) is 29.2 Å². The summed E-state index contributed by atoms with van der Waals surface area (Å²) in [5.74, 6) is -0.782. The van der Waals surface area contributed by atoms with Gasteiger partial charge in [-0.05, 0) is 54.8 Å². The van der Waals surface area contributed by atoms with Gasteiger partial charge in [0.25, 0.3) is 5.91 Å². The first kappa shape index (κ1) is 22.1. The van der Waals surface area contributed by atoms with Gasteiger partial charge in [0.15, 0.2) is 0 Å². The van der Waals surface area contributed by atoms with Crippen LogP contribution in [0.2, 0.25) is 5.02 Å². The third kappa shape index (κ3) is 5.29. The van der Waals surface area contributed by atoms with Crippen LogP contribution in [0.4, 0.5) is 14.9 Å². The molecule has 0 spiro atoms. The van der Waals surface area contributed by atoms with Gasteiger partial charge in [-0.3, -0.25) is 10.1 Å². The van der Waals surface area contributed by atoms with Crippen molar-refractivity contribution in [3.63, 3.8) is 0 Å². The minimum absolute atomic E-state index is 0.175. The van der Waals surface area contributed by atoms with Gasteiger partial charge < -0.3 is 15.4 Å². The van der Waals surface area contributed by atoms with E-state index in [1.165, 1.54) is 25.3 Å². The summed E-state index contributed by atoms with van der Waals surface area (Å²) in [6.45, 7) is 0.184. The molecule has 2 unspecified atom stereocenters. The average molecular weight is 434 g/mol. The van der Waals surface area contributed by atoms with Gasteiger partial charge in [-0.1, -0.05) is 30.5 Å². The second kappa shape index (κ2) is 9.91. The molecule has 3 rings (SSSR count). The largest absolute Gasteiger partial charge is 0.453 e. The van der Waals surface area contributed by atoms with Crippen LogP contribution >= 0.6 is 11.6 Å². The lowest BCUT2D eigenvalue weighted by Crippen LogP contribution is -2.51. The minimum Gasteiger partial charge on any atom is -0.453 e. The van der Waals surface area contributed by atoms with Gasteiger partial charge in [-0.2, -0.15) is 0 Å². The molecule has 2 atom stereocenters. The first-order valence-electron chi connectivity index (χ1n) is 9.84. The fourth-order valence-electron chi connectivity index (χ4n) is 3.78. The van der Waals surface area contributed by atoms with E-state index in [-0.39, 0.29) is 30.1 Å². The zero-order valence-corrected chi connectivity index (χ0v) is 17.5. The Kier molecular flexibility index (Phi) is 7.29. The second-order valence-corrected chi connectivity index (χ2v) is 7.79. The quantitative estimate of drug-likeness (QED) is 0.723. The number of anilines is 1. The van der Waals surface area contributed by atoms with Gasteiger partial charge in [0.1, 0.15) is 5.82 Å². The summed E-state index contributed by atoms with van der Waals surface area (Å²) < 4.78 is 18.4. The Morgan fingerprint density at radius 2 is 2.00 bits per heavy atom. The van der Waals surface area contributed by atoms with Crippen molar-refractivity contribution in [1.29, 1.82) is 0 Å². The van der Waals surface area contributed by atoms with Crippen LogP contribution < -0.4 is 11.1 Å². The van der Waals surface area contributed by atoms with Gasteiger partial charge >= 0.3 is 6.09 Å². The van der Waals surface area contributed by atoms with E-state index in [1.807, 2.05) is 0 Å². The van der Waals surface area contributed by atoms with E-state index < -0.39 is 11.9 Å². The summed E-state index contributed by atoms with van der Waals surface area (Å²) in [6, 6.07) is 10.2. The van der Waals surface area contributed by atoms with Gasteiger partial charge in [0.2, 0.25) is 0 Å². The van der Waals surface area contributed by atoms with Crippen LogP contribution in [0.5, 0.6) is 0 Å². The highest BCUT2D eigenvalue weighted by atomic mass is 35.5. The molecule has 0 heterocycles. The minimum atomic E-state index is -0.606. The van der Waals surface area contributed by atoms with E-state index in [4.69, 9.17) is 17.3 Å². The Labute approximate surface area is 180 Å². The molecular weight excluding hydrogens is 409 g/mol. The van der Waals surface area contributed by atoms with Crippen molar-refractivity contribution >= 4 is 29.3 Å². The van der Waals surface area contributed by atoms with Crippen molar-refractivity contribution in [2.45, 2.75) is 44.3 Å². The number of hydrogen-bond acceptors (Lipinski definition) is 4.